The van der Waals surface area contributed by atoms with Crippen molar-refractivity contribution >= 4 is 36.2 Å². The highest BCUT2D eigenvalue weighted by atomic mass is 35.5. The number of halogens is 2. The molecule has 0 unspecified atom stereocenters. The number of piperidine rings is 1. The monoisotopic (exact) mass is 513 g/mol. The Bertz CT molecular complexity index is 888. The zero-order valence-corrected chi connectivity index (χ0v) is 21.8. The summed E-state index contributed by atoms with van der Waals surface area (Å²) in [5, 5.41) is 22.0. The predicted octanol–water partition coefficient (Wildman–Crippen LogP) is 5.12. The maximum atomic E-state index is 11.1. The average Bonchev–Trinajstić information content (AvgIpc) is 2.77. The molecule has 1 aliphatic rings. The van der Waals surface area contributed by atoms with Crippen molar-refractivity contribution in [2.75, 3.05) is 38.1 Å². The highest BCUT2D eigenvalue weighted by molar-refractivity contribution is 5.85. The second-order valence-electron chi connectivity index (χ2n) is 9.08. The van der Waals surface area contributed by atoms with Gasteiger partial charge in [0.1, 0.15) is 5.75 Å². The van der Waals surface area contributed by atoms with Crippen LogP contribution in [0.2, 0.25) is 0 Å². The van der Waals surface area contributed by atoms with Crippen LogP contribution in [0.3, 0.4) is 0 Å². The van der Waals surface area contributed by atoms with Crippen molar-refractivity contribution in [1.29, 1.82) is 0 Å². The molecule has 0 saturated carbocycles. The molecule has 0 aliphatic carbocycles. The van der Waals surface area contributed by atoms with Crippen LogP contribution in [-0.4, -0.2) is 59.9 Å². The number of nitro benzene ring substituents is 1. The Hall–Kier alpha value is -2.06. The van der Waals surface area contributed by atoms with Crippen LogP contribution in [0.5, 0.6) is 5.75 Å². The van der Waals surface area contributed by atoms with Gasteiger partial charge in [0.15, 0.2) is 0 Å². The van der Waals surface area contributed by atoms with E-state index in [2.05, 4.69) is 29.0 Å². The van der Waals surface area contributed by atoms with Crippen LogP contribution in [0.1, 0.15) is 38.7 Å². The summed E-state index contributed by atoms with van der Waals surface area (Å²) in [6.07, 6.45) is 3.16. The van der Waals surface area contributed by atoms with Gasteiger partial charge in [-0.1, -0.05) is 12.1 Å². The van der Waals surface area contributed by atoms with Gasteiger partial charge in [0.05, 0.1) is 16.6 Å². The van der Waals surface area contributed by atoms with Gasteiger partial charge in [-0.05, 0) is 69.4 Å². The lowest BCUT2D eigenvalue weighted by atomic mass is 9.88. The van der Waals surface area contributed by atoms with Crippen molar-refractivity contribution in [2.45, 2.75) is 51.2 Å². The molecule has 3 rings (SSSR count). The molecular formula is C25H37Cl2N3O4. The van der Waals surface area contributed by atoms with E-state index in [1.54, 1.807) is 12.1 Å². The normalized spacial score (nSPS) is 15.2. The Morgan fingerprint density at radius 3 is 2.38 bits per heavy atom. The maximum Gasteiger partial charge on any atom is 0.269 e. The highest BCUT2D eigenvalue weighted by Crippen LogP contribution is 2.27. The summed E-state index contributed by atoms with van der Waals surface area (Å²) < 4.78 is 5.70. The Morgan fingerprint density at radius 1 is 1.15 bits per heavy atom. The van der Waals surface area contributed by atoms with Gasteiger partial charge in [0.2, 0.25) is 0 Å². The molecule has 190 valence electrons. The number of likely N-dealkylation sites (tertiary alicyclic amines) is 1. The fourth-order valence-electron chi connectivity index (χ4n) is 4.11. The first-order chi connectivity index (χ1) is 15.2. The van der Waals surface area contributed by atoms with Crippen LogP contribution < -0.4 is 9.64 Å². The van der Waals surface area contributed by atoms with E-state index in [4.69, 9.17) is 4.74 Å². The minimum Gasteiger partial charge on any atom is -0.491 e. The fourth-order valence-corrected chi connectivity index (χ4v) is 4.11. The minimum atomic E-state index is -0.642. The smallest absolute Gasteiger partial charge is 0.269 e. The summed E-state index contributed by atoms with van der Waals surface area (Å²) in [7, 11) is 2.05. The molecule has 0 aromatic heterocycles. The molecule has 9 heteroatoms. The number of hydrogen-bond donors (Lipinski definition) is 1. The number of hydrogen-bond acceptors (Lipinski definition) is 6. The number of nitro groups is 1. The molecule has 1 heterocycles. The lowest BCUT2D eigenvalue weighted by molar-refractivity contribution is -0.384. The van der Waals surface area contributed by atoms with Gasteiger partial charge in [0, 0.05) is 51.0 Å². The molecule has 0 amide bonds. The second kappa shape index (κ2) is 13.7. The summed E-state index contributed by atoms with van der Waals surface area (Å²) >= 11 is 0. The van der Waals surface area contributed by atoms with Crippen molar-refractivity contribution in [3.63, 3.8) is 0 Å². The molecule has 0 atom stereocenters. The number of rotatable bonds is 10. The molecule has 0 bridgehead atoms. The largest absolute Gasteiger partial charge is 0.491 e. The number of nitrogens with zero attached hydrogens (tertiary/aromatic N) is 3. The van der Waals surface area contributed by atoms with E-state index in [0.717, 1.165) is 68.9 Å². The Balaban J connectivity index is 0.00000289. The van der Waals surface area contributed by atoms with E-state index in [0.29, 0.717) is 0 Å². The van der Waals surface area contributed by atoms with Gasteiger partial charge in [0.25, 0.3) is 5.69 Å². The van der Waals surface area contributed by atoms with E-state index < -0.39 is 5.60 Å². The SMILES string of the molecule is CC(C)Oc1ccc(N(C)CCC2(O)CCN(CCc3cccc([N+](=O)[O-])c3)CC2)cc1.Cl.Cl. The quantitative estimate of drug-likeness (QED) is 0.350. The van der Waals surface area contributed by atoms with E-state index in [1.165, 1.54) is 6.07 Å². The predicted molar refractivity (Wildman–Crippen MR) is 142 cm³/mol. The lowest BCUT2D eigenvalue weighted by Crippen LogP contribution is -2.46. The number of non-ortho nitro benzene ring substituents is 1. The molecule has 2 aromatic carbocycles. The van der Waals surface area contributed by atoms with Crippen LogP contribution in [0, 0.1) is 10.1 Å². The molecule has 0 spiro atoms. The minimum absolute atomic E-state index is 0. The summed E-state index contributed by atoms with van der Waals surface area (Å²) in [6, 6.07) is 14.9. The van der Waals surface area contributed by atoms with Crippen molar-refractivity contribution in [1.82, 2.24) is 4.90 Å². The van der Waals surface area contributed by atoms with Crippen LogP contribution in [0.15, 0.2) is 48.5 Å². The third-order valence-corrected chi connectivity index (χ3v) is 6.19. The van der Waals surface area contributed by atoms with Gasteiger partial charge in [-0.3, -0.25) is 10.1 Å². The number of aliphatic hydroxyl groups is 1. The third-order valence-electron chi connectivity index (χ3n) is 6.19. The Kier molecular flexibility index (Phi) is 12.1. The molecule has 1 N–H and O–H groups in total. The van der Waals surface area contributed by atoms with Crippen molar-refractivity contribution < 1.29 is 14.8 Å². The fraction of sp³-hybridized carbons (Fsp3) is 0.520. The molecule has 34 heavy (non-hydrogen) atoms. The summed E-state index contributed by atoms with van der Waals surface area (Å²) in [6.45, 7) is 7.35. The standard InChI is InChI=1S/C25H35N3O4.2ClH/c1-20(2)32-24-9-7-22(8-10-24)26(3)16-12-25(29)13-17-27(18-14-25)15-11-21-5-4-6-23(19-21)28(30)31;;/h4-10,19-20,29H,11-18H2,1-3H3;2*1H. The van der Waals surface area contributed by atoms with Gasteiger partial charge in [-0.15, -0.1) is 24.8 Å². The summed E-state index contributed by atoms with van der Waals surface area (Å²) in [5.41, 5.74) is 1.59. The molecular weight excluding hydrogens is 477 g/mol. The van der Waals surface area contributed by atoms with Crippen LogP contribution in [0.25, 0.3) is 0 Å². The topological polar surface area (TPSA) is 79.1 Å². The van der Waals surface area contributed by atoms with E-state index in [1.807, 2.05) is 32.0 Å². The zero-order chi connectivity index (χ0) is 23.1. The van der Waals surface area contributed by atoms with Gasteiger partial charge in [-0.25, -0.2) is 0 Å². The van der Waals surface area contributed by atoms with Crippen molar-refractivity contribution in [3.8, 4) is 5.75 Å². The first-order valence-electron chi connectivity index (χ1n) is 11.4. The van der Waals surface area contributed by atoms with Crippen molar-refractivity contribution in [2.24, 2.45) is 0 Å². The lowest BCUT2D eigenvalue weighted by Gasteiger charge is -2.39. The number of benzene rings is 2. The van der Waals surface area contributed by atoms with Crippen LogP contribution in [0.4, 0.5) is 11.4 Å². The van der Waals surface area contributed by atoms with Gasteiger partial charge >= 0.3 is 0 Å². The molecule has 1 saturated heterocycles. The van der Waals surface area contributed by atoms with Crippen LogP contribution in [-0.2, 0) is 6.42 Å². The molecule has 1 aliphatic heterocycles. The average molecular weight is 514 g/mol. The van der Waals surface area contributed by atoms with Crippen molar-refractivity contribution in [3.05, 3.63) is 64.2 Å². The van der Waals surface area contributed by atoms with E-state index >= 15 is 0 Å². The summed E-state index contributed by atoms with van der Waals surface area (Å²) in [5.74, 6) is 0.869. The molecule has 1 fully saturated rings. The Morgan fingerprint density at radius 2 is 1.79 bits per heavy atom. The Labute approximate surface area is 215 Å². The molecule has 2 aromatic rings. The second-order valence-corrected chi connectivity index (χ2v) is 9.08. The van der Waals surface area contributed by atoms with E-state index in [9.17, 15) is 15.2 Å². The molecule has 7 nitrogen and oxygen atoms in total. The van der Waals surface area contributed by atoms with Crippen LogP contribution >= 0.6 is 24.8 Å². The third kappa shape index (κ3) is 8.95. The van der Waals surface area contributed by atoms with Gasteiger partial charge in [-0.2, -0.15) is 0 Å². The zero-order valence-electron chi connectivity index (χ0n) is 20.2. The molecule has 0 radical (unpaired) electrons. The van der Waals surface area contributed by atoms with E-state index in [-0.39, 0.29) is 41.5 Å². The number of anilines is 1. The maximum absolute atomic E-state index is 11.1. The van der Waals surface area contributed by atoms with Gasteiger partial charge < -0.3 is 19.6 Å². The highest BCUT2D eigenvalue weighted by Gasteiger charge is 2.32. The summed E-state index contributed by atoms with van der Waals surface area (Å²) in [4.78, 5) is 15.1. The number of ether oxygens (including phenoxy) is 1. The first-order valence-corrected chi connectivity index (χ1v) is 11.4. The first kappa shape index (κ1) is 30.0.